The van der Waals surface area contributed by atoms with E-state index in [2.05, 4.69) is 20.6 Å². The number of para-hydroxylation sites is 8. The van der Waals surface area contributed by atoms with Gasteiger partial charge in [-0.05, 0) is 37.1 Å². The minimum Gasteiger partial charge on any atom is -0.550 e. The molecule has 0 heterocycles. The van der Waals surface area contributed by atoms with Crippen molar-refractivity contribution in [2.75, 3.05) is 28.4 Å². The topological polar surface area (TPSA) is 170 Å². The number of aliphatic imine (C=N–C) groups is 2. The summed E-state index contributed by atoms with van der Waals surface area (Å²) in [6.07, 6.45) is 4.69. The van der Waals surface area contributed by atoms with Gasteiger partial charge in [-0.1, -0.05) is 112 Å². The van der Waals surface area contributed by atoms with E-state index >= 15 is 0 Å². The molecular formula is C38H44Mo2N4O8. The molecule has 0 aliphatic rings. The van der Waals surface area contributed by atoms with Crippen LogP contribution in [0.5, 0.6) is 23.0 Å². The molecule has 4 rings (SSSR count). The van der Waals surface area contributed by atoms with E-state index < -0.39 is 11.9 Å². The van der Waals surface area contributed by atoms with Crippen molar-refractivity contribution in [2.45, 2.75) is 39.5 Å². The van der Waals surface area contributed by atoms with Crippen molar-refractivity contribution in [1.82, 2.24) is 0 Å². The van der Waals surface area contributed by atoms with Gasteiger partial charge in [0.1, 0.15) is 23.0 Å². The van der Waals surface area contributed by atoms with Crippen LogP contribution < -0.4 is 29.2 Å². The van der Waals surface area contributed by atoms with Crippen molar-refractivity contribution in [3.63, 3.8) is 0 Å². The zero-order valence-corrected chi connectivity index (χ0v) is 34.1. The van der Waals surface area contributed by atoms with Gasteiger partial charge in [0.05, 0.1) is 28.4 Å². The summed E-state index contributed by atoms with van der Waals surface area (Å²) in [4.78, 5) is 27.5. The molecule has 4 aromatic carbocycles. The van der Waals surface area contributed by atoms with Gasteiger partial charge in [-0.2, -0.15) is 0 Å². The molecule has 0 unspecified atom stereocenters. The average molecular weight is 877 g/mol. The Balaban J connectivity index is 0. The normalized spacial score (nSPS) is 9.50. The molecule has 0 aromatic heterocycles. The van der Waals surface area contributed by atoms with Crippen LogP contribution >= 0.6 is 0 Å². The molecule has 0 fully saturated rings. The summed E-state index contributed by atoms with van der Waals surface area (Å²) in [7, 11) is 6.47. The number of aliphatic carboxylic acids is 2. The predicted molar refractivity (Wildman–Crippen MR) is 194 cm³/mol. The zero-order chi connectivity index (χ0) is 37.0. The quantitative estimate of drug-likeness (QED) is 0.0728. The molecule has 0 saturated heterocycles. The van der Waals surface area contributed by atoms with Crippen LogP contribution in [-0.2, 0) is 51.7 Å². The van der Waals surface area contributed by atoms with Crippen molar-refractivity contribution in [3.05, 3.63) is 108 Å². The van der Waals surface area contributed by atoms with Crippen LogP contribution in [-0.4, -0.2) is 53.1 Å². The summed E-state index contributed by atoms with van der Waals surface area (Å²) in [6, 6.07) is 30.1. The summed E-state index contributed by atoms with van der Waals surface area (Å²) >= 11 is 0. The van der Waals surface area contributed by atoms with Gasteiger partial charge in [0.25, 0.3) is 0 Å². The molecule has 0 atom stereocenters. The van der Waals surface area contributed by atoms with Gasteiger partial charge in [0.15, 0.2) is 0 Å². The number of benzene rings is 4. The minimum atomic E-state index is -0.961. The van der Waals surface area contributed by atoms with Crippen LogP contribution in [0.25, 0.3) is 10.6 Å². The van der Waals surface area contributed by atoms with Crippen LogP contribution in [0.3, 0.4) is 0 Å². The molecule has 0 N–H and O–H groups in total. The first-order chi connectivity index (χ1) is 24.2. The predicted octanol–water partition coefficient (Wildman–Crippen LogP) is 7.21. The van der Waals surface area contributed by atoms with Crippen molar-refractivity contribution in [2.24, 2.45) is 9.98 Å². The summed E-state index contributed by atoms with van der Waals surface area (Å²) in [6.45, 7) is 3.60. The number of methoxy groups -OCH3 is 4. The number of carboxylic acids is 2. The Bertz CT molecular complexity index is 1500. The third-order valence-corrected chi connectivity index (χ3v) is 6.04. The maximum Gasteiger partial charge on any atom is 2.00 e. The molecule has 0 radical (unpaired) electrons. The number of ether oxygens (including phenoxy) is 4. The molecule has 276 valence electrons. The van der Waals surface area contributed by atoms with E-state index in [0.29, 0.717) is 35.8 Å². The third-order valence-electron chi connectivity index (χ3n) is 6.04. The number of rotatable bonds is 14. The fraction of sp³-hybridized carbons (Fsp3) is 0.263. The zero-order valence-electron chi connectivity index (χ0n) is 30.1. The SMILES string of the molecule is CCCC(=O)[O-].CCCC(=O)[O-].COc1ccccc1N=C[N-]c1ccccc1OC.COc1ccccc1N=C[N-]c1ccccc1OC.[Mo+2].[Mo+2]. The molecular weight excluding hydrogens is 832 g/mol. The Labute approximate surface area is 335 Å². The molecule has 0 spiro atoms. The van der Waals surface area contributed by atoms with E-state index in [1.165, 1.54) is 12.7 Å². The van der Waals surface area contributed by atoms with Gasteiger partial charge in [-0.3, -0.25) is 0 Å². The smallest absolute Gasteiger partial charge is 0.550 e. The van der Waals surface area contributed by atoms with Crippen LogP contribution in [0.2, 0.25) is 0 Å². The van der Waals surface area contributed by atoms with Crippen LogP contribution in [0.4, 0.5) is 22.7 Å². The number of hydrogen-bond acceptors (Lipinski definition) is 10. The van der Waals surface area contributed by atoms with Gasteiger partial charge in [0.2, 0.25) is 0 Å². The number of hydrogen-bond donors (Lipinski definition) is 0. The van der Waals surface area contributed by atoms with Crippen molar-refractivity contribution < 1.29 is 80.9 Å². The molecule has 0 amide bonds. The second kappa shape index (κ2) is 31.1. The molecule has 0 aliphatic carbocycles. The number of carbonyl (C=O) groups is 2. The molecule has 0 saturated carbocycles. The molecule has 4 aromatic rings. The Morgan fingerprint density at radius 3 is 1.10 bits per heavy atom. The second-order valence-electron chi connectivity index (χ2n) is 9.68. The van der Waals surface area contributed by atoms with Crippen molar-refractivity contribution in [3.8, 4) is 23.0 Å². The number of nitrogens with zero attached hydrogens (tertiary/aromatic N) is 4. The maximum absolute atomic E-state index is 9.49. The van der Waals surface area contributed by atoms with E-state index in [1.54, 1.807) is 42.3 Å². The first kappa shape index (κ1) is 49.4. The summed E-state index contributed by atoms with van der Waals surface area (Å²) in [5, 5.41) is 27.5. The molecule has 14 heteroatoms. The summed E-state index contributed by atoms with van der Waals surface area (Å²) in [5.41, 5.74) is 2.96. The number of carboxylic acid groups (broad SMARTS) is 2. The van der Waals surface area contributed by atoms with Crippen molar-refractivity contribution >= 4 is 47.4 Å². The van der Waals surface area contributed by atoms with Gasteiger partial charge in [-0.25, -0.2) is 0 Å². The fourth-order valence-corrected chi connectivity index (χ4v) is 3.66. The minimum absolute atomic E-state index is 0. The van der Waals surface area contributed by atoms with Gasteiger partial charge in [0, 0.05) is 34.7 Å². The van der Waals surface area contributed by atoms with Gasteiger partial charge < -0.3 is 59.4 Å². The first-order valence-corrected chi connectivity index (χ1v) is 15.6. The Morgan fingerprint density at radius 1 is 0.538 bits per heavy atom. The summed E-state index contributed by atoms with van der Waals surface area (Å²) in [5.74, 6) is 0.945. The Morgan fingerprint density at radius 2 is 0.827 bits per heavy atom. The fourth-order valence-electron chi connectivity index (χ4n) is 3.66. The Kier molecular flexibility index (Phi) is 29.6. The van der Waals surface area contributed by atoms with Crippen LogP contribution in [0, 0.1) is 0 Å². The third kappa shape index (κ3) is 20.9. The van der Waals surface area contributed by atoms with Crippen LogP contribution in [0.15, 0.2) is 107 Å². The van der Waals surface area contributed by atoms with Crippen LogP contribution in [0.1, 0.15) is 39.5 Å². The van der Waals surface area contributed by atoms with E-state index in [9.17, 15) is 19.8 Å². The van der Waals surface area contributed by atoms with E-state index in [1.807, 2.05) is 97.1 Å². The van der Waals surface area contributed by atoms with Crippen molar-refractivity contribution in [1.29, 1.82) is 0 Å². The average Bonchev–Trinajstić information content (AvgIpc) is 3.13. The Hall–Kier alpha value is -4.66. The molecule has 0 bridgehead atoms. The number of carbonyl (C=O) groups excluding carboxylic acids is 2. The van der Waals surface area contributed by atoms with Gasteiger partial charge >= 0.3 is 42.1 Å². The maximum atomic E-state index is 9.49. The standard InChI is InChI=1S/2C15H15N2O2.2C4H8O2.2Mo/c2*1-18-14-9-5-3-7-12(14)16-11-17-13-8-4-6-10-15(13)19-2;2*1-2-3-4(5)6;;/h2*3-11H,1-2H3;2*2-3H2,1H3,(H,5,6);;/q2*-1;;;2*+2/p-2. The molecule has 52 heavy (non-hydrogen) atoms. The van der Waals surface area contributed by atoms with Gasteiger partial charge in [-0.15, -0.1) is 0 Å². The monoisotopic (exact) mass is 880 g/mol. The largest absolute Gasteiger partial charge is 2.00 e. The summed E-state index contributed by atoms with van der Waals surface area (Å²) < 4.78 is 20.9. The second-order valence-corrected chi connectivity index (χ2v) is 9.68. The van der Waals surface area contributed by atoms with E-state index in [-0.39, 0.29) is 55.0 Å². The molecule has 0 aliphatic heterocycles. The molecule has 12 nitrogen and oxygen atoms in total. The van der Waals surface area contributed by atoms with E-state index in [0.717, 1.165) is 22.7 Å². The first-order valence-electron chi connectivity index (χ1n) is 15.6. The van der Waals surface area contributed by atoms with E-state index in [4.69, 9.17) is 18.9 Å².